The lowest BCUT2D eigenvalue weighted by Crippen LogP contribution is -2.49. The van der Waals surface area contributed by atoms with Crippen molar-refractivity contribution in [1.29, 1.82) is 0 Å². The normalized spacial score (nSPS) is 24.1. The molecule has 5 nitrogen and oxygen atoms in total. The number of piperidine rings is 1. The van der Waals surface area contributed by atoms with Gasteiger partial charge >= 0.3 is 6.36 Å². The molecule has 2 fully saturated rings. The van der Waals surface area contributed by atoms with E-state index in [1.54, 1.807) is 25.2 Å². The van der Waals surface area contributed by atoms with Crippen molar-refractivity contribution >= 4 is 5.96 Å². The van der Waals surface area contributed by atoms with Crippen molar-refractivity contribution in [3.05, 3.63) is 29.8 Å². The van der Waals surface area contributed by atoms with Crippen LogP contribution in [0.4, 0.5) is 13.2 Å². The summed E-state index contributed by atoms with van der Waals surface area (Å²) in [5.74, 6) is 0.592. The molecule has 2 atom stereocenters. The number of ether oxygens (including phenoxy) is 1. The van der Waals surface area contributed by atoms with Crippen molar-refractivity contribution in [2.75, 3.05) is 26.7 Å². The molecule has 1 aromatic carbocycles. The number of halogens is 3. The third kappa shape index (κ3) is 5.77. The Hall–Kier alpha value is -1.96. The van der Waals surface area contributed by atoms with Crippen molar-refractivity contribution in [3.8, 4) is 5.75 Å². The molecule has 0 amide bonds. The number of para-hydroxylation sites is 1. The molecule has 0 bridgehead atoms. The first-order chi connectivity index (χ1) is 13.4. The van der Waals surface area contributed by atoms with Crippen molar-refractivity contribution in [2.24, 2.45) is 4.99 Å². The summed E-state index contributed by atoms with van der Waals surface area (Å²) in [6, 6.07) is 6.80. The van der Waals surface area contributed by atoms with E-state index in [9.17, 15) is 13.2 Å². The quantitative estimate of drug-likeness (QED) is 0.569. The minimum atomic E-state index is -4.68. The fourth-order valence-corrected chi connectivity index (χ4v) is 3.86. The molecule has 3 rings (SSSR count). The van der Waals surface area contributed by atoms with Gasteiger partial charge in [0.2, 0.25) is 0 Å². The average Bonchev–Trinajstić information content (AvgIpc) is 3.41. The number of rotatable bonds is 6. The van der Waals surface area contributed by atoms with E-state index in [4.69, 9.17) is 0 Å². The predicted octanol–water partition coefficient (Wildman–Crippen LogP) is 3.48. The largest absolute Gasteiger partial charge is 0.573 e. The van der Waals surface area contributed by atoms with E-state index in [0.29, 0.717) is 11.6 Å². The molecule has 1 aromatic rings. The number of benzene rings is 1. The van der Waals surface area contributed by atoms with E-state index in [1.165, 1.54) is 12.5 Å². The first-order valence-corrected chi connectivity index (χ1v) is 9.96. The maximum Gasteiger partial charge on any atom is 0.573 e. The molecule has 0 aromatic heterocycles. The van der Waals surface area contributed by atoms with Gasteiger partial charge in [-0.15, -0.1) is 13.2 Å². The second-order valence-corrected chi connectivity index (χ2v) is 7.51. The van der Waals surface area contributed by atoms with Gasteiger partial charge in [0.1, 0.15) is 5.75 Å². The lowest BCUT2D eigenvalue weighted by atomic mass is 10.1. The van der Waals surface area contributed by atoms with Crippen LogP contribution in [-0.2, 0) is 0 Å². The van der Waals surface area contributed by atoms with E-state index >= 15 is 0 Å². The van der Waals surface area contributed by atoms with Gasteiger partial charge in [-0.3, -0.25) is 4.99 Å². The topological polar surface area (TPSA) is 48.9 Å². The van der Waals surface area contributed by atoms with Crippen molar-refractivity contribution in [3.63, 3.8) is 0 Å². The molecule has 156 valence electrons. The molecule has 8 heteroatoms. The van der Waals surface area contributed by atoms with Crippen LogP contribution in [0.15, 0.2) is 29.3 Å². The molecule has 1 heterocycles. The maximum absolute atomic E-state index is 12.6. The predicted molar refractivity (Wildman–Crippen MR) is 104 cm³/mol. The molecule has 0 spiro atoms. The van der Waals surface area contributed by atoms with Crippen molar-refractivity contribution in [1.82, 2.24) is 15.5 Å². The first-order valence-electron chi connectivity index (χ1n) is 9.96. The summed E-state index contributed by atoms with van der Waals surface area (Å²) in [6.45, 7) is 5.50. The Balaban J connectivity index is 1.52. The van der Waals surface area contributed by atoms with E-state index in [0.717, 1.165) is 44.9 Å². The van der Waals surface area contributed by atoms with E-state index in [2.05, 4.69) is 32.2 Å². The molecular weight excluding hydrogens is 369 g/mol. The highest BCUT2D eigenvalue weighted by Crippen LogP contribution is 2.45. The van der Waals surface area contributed by atoms with Crippen LogP contribution < -0.4 is 15.4 Å². The molecule has 2 aliphatic rings. The third-order valence-electron chi connectivity index (χ3n) is 5.35. The van der Waals surface area contributed by atoms with Crippen LogP contribution >= 0.6 is 0 Å². The highest BCUT2D eigenvalue weighted by atomic mass is 19.4. The minimum Gasteiger partial charge on any atom is -0.405 e. The van der Waals surface area contributed by atoms with E-state index < -0.39 is 6.36 Å². The Kier molecular flexibility index (Phi) is 6.69. The molecule has 1 saturated carbocycles. The van der Waals surface area contributed by atoms with Crippen LogP contribution in [-0.4, -0.2) is 56.0 Å². The number of alkyl halides is 3. The number of likely N-dealkylation sites (tertiary alicyclic amines) is 1. The number of nitrogens with one attached hydrogen (secondary N) is 2. The van der Waals surface area contributed by atoms with Crippen LogP contribution in [0.5, 0.6) is 5.75 Å². The summed E-state index contributed by atoms with van der Waals surface area (Å²) in [4.78, 5) is 6.77. The smallest absolute Gasteiger partial charge is 0.405 e. The number of guanidine groups is 1. The number of nitrogens with zero attached hydrogens (tertiary/aromatic N) is 2. The lowest BCUT2D eigenvalue weighted by Gasteiger charge is -2.32. The second-order valence-electron chi connectivity index (χ2n) is 7.51. The van der Waals surface area contributed by atoms with Gasteiger partial charge < -0.3 is 20.3 Å². The number of hydrogen-bond acceptors (Lipinski definition) is 3. The Labute approximate surface area is 164 Å². The zero-order chi connectivity index (χ0) is 20.1. The van der Waals surface area contributed by atoms with Crippen molar-refractivity contribution < 1.29 is 17.9 Å². The maximum atomic E-state index is 12.6. The molecule has 1 aliphatic heterocycles. The zero-order valence-electron chi connectivity index (χ0n) is 16.4. The summed E-state index contributed by atoms with van der Waals surface area (Å²) in [7, 11) is 1.72. The second kappa shape index (κ2) is 9.03. The minimum absolute atomic E-state index is 0.0106. The third-order valence-corrected chi connectivity index (χ3v) is 5.35. The van der Waals surface area contributed by atoms with Crippen LogP contribution in [0.1, 0.15) is 44.1 Å². The summed E-state index contributed by atoms with van der Waals surface area (Å²) >= 11 is 0. The molecule has 1 saturated heterocycles. The molecule has 2 unspecified atom stereocenters. The molecule has 28 heavy (non-hydrogen) atoms. The Morgan fingerprint density at radius 2 is 1.93 bits per heavy atom. The zero-order valence-corrected chi connectivity index (χ0v) is 16.4. The Morgan fingerprint density at radius 1 is 1.21 bits per heavy atom. The van der Waals surface area contributed by atoms with Gasteiger partial charge in [0, 0.05) is 38.1 Å². The van der Waals surface area contributed by atoms with Gasteiger partial charge in [-0.05, 0) is 43.9 Å². The summed E-state index contributed by atoms with van der Waals surface area (Å²) < 4.78 is 42.1. The van der Waals surface area contributed by atoms with E-state index in [1.807, 2.05) is 0 Å². The van der Waals surface area contributed by atoms with Gasteiger partial charge in [0.15, 0.2) is 5.96 Å². The fraction of sp³-hybridized carbons (Fsp3) is 0.650. The molecule has 2 N–H and O–H groups in total. The highest BCUT2D eigenvalue weighted by Gasteiger charge is 2.42. The highest BCUT2D eigenvalue weighted by molar-refractivity contribution is 5.81. The SMILES string of the molecule is CCCN1CCC(NC(=NC)NC2CC2c2ccccc2OC(F)(F)F)CC1. The average molecular weight is 398 g/mol. The van der Waals surface area contributed by atoms with Crippen molar-refractivity contribution in [2.45, 2.75) is 57.0 Å². The lowest BCUT2D eigenvalue weighted by molar-refractivity contribution is -0.274. The van der Waals surface area contributed by atoms with E-state index in [-0.39, 0.29) is 17.7 Å². The summed E-state index contributed by atoms with van der Waals surface area (Å²) in [5, 5.41) is 6.82. The van der Waals surface area contributed by atoms with Gasteiger partial charge in [-0.1, -0.05) is 25.1 Å². The molecular formula is C20H29F3N4O. The van der Waals surface area contributed by atoms with Crippen LogP contribution in [0.2, 0.25) is 0 Å². The Morgan fingerprint density at radius 3 is 2.57 bits per heavy atom. The van der Waals surface area contributed by atoms with Gasteiger partial charge in [-0.2, -0.15) is 0 Å². The number of aliphatic imine (C=N–C) groups is 1. The van der Waals surface area contributed by atoms with Crippen LogP contribution in [0.3, 0.4) is 0 Å². The fourth-order valence-electron chi connectivity index (χ4n) is 3.86. The standard InChI is InChI=1S/C20H29F3N4O/c1-3-10-27-11-8-14(9-12-27)25-19(24-2)26-17-13-16(17)15-6-4-5-7-18(15)28-20(21,22)23/h4-7,14,16-17H,3,8-13H2,1-2H3,(H2,24,25,26). The van der Waals surface area contributed by atoms with Crippen LogP contribution in [0.25, 0.3) is 0 Å². The van der Waals surface area contributed by atoms with Gasteiger partial charge in [0.25, 0.3) is 0 Å². The number of hydrogen-bond donors (Lipinski definition) is 2. The Bertz CT molecular complexity index is 672. The molecule has 0 radical (unpaired) electrons. The monoisotopic (exact) mass is 398 g/mol. The van der Waals surface area contributed by atoms with Crippen LogP contribution in [0, 0.1) is 0 Å². The summed E-state index contributed by atoms with van der Waals surface area (Å²) in [5.41, 5.74) is 0.584. The molecule has 1 aliphatic carbocycles. The van der Waals surface area contributed by atoms with Gasteiger partial charge in [0.05, 0.1) is 0 Å². The van der Waals surface area contributed by atoms with Gasteiger partial charge in [-0.25, -0.2) is 0 Å². The first kappa shape index (κ1) is 20.8. The summed E-state index contributed by atoms with van der Waals surface area (Å²) in [6.07, 6.45) is -0.621.